The summed E-state index contributed by atoms with van der Waals surface area (Å²) in [6.07, 6.45) is 0.660. The maximum absolute atomic E-state index is 10.9. The lowest BCUT2D eigenvalue weighted by atomic mass is 10.3. The van der Waals surface area contributed by atoms with Gasteiger partial charge in [0.05, 0.1) is 4.92 Å². The highest BCUT2D eigenvalue weighted by molar-refractivity contribution is 5.26. The molecule has 5 heteroatoms. The van der Waals surface area contributed by atoms with Gasteiger partial charge >= 0.3 is 11.2 Å². The van der Waals surface area contributed by atoms with Gasteiger partial charge in [-0.05, 0) is 12.5 Å². The molecule has 64 valence electrons. The van der Waals surface area contributed by atoms with Gasteiger partial charge in [0.1, 0.15) is 0 Å². The molecule has 12 heavy (non-hydrogen) atoms. The first kappa shape index (κ1) is 8.45. The predicted molar refractivity (Wildman–Crippen MR) is 43.1 cm³/mol. The fourth-order valence-electron chi connectivity index (χ4n) is 0.857. The Morgan fingerprint density at radius 3 is 2.67 bits per heavy atom. The number of aryl methyl sites for hydroxylation is 1. The SMILES string of the molecule is CCc1ccc([N+](=O)[O-])c(=O)[nH]1. The number of aromatic amines is 1. The number of hydrogen-bond donors (Lipinski definition) is 1. The molecule has 0 saturated heterocycles. The summed E-state index contributed by atoms with van der Waals surface area (Å²) in [7, 11) is 0. The highest BCUT2D eigenvalue weighted by Crippen LogP contribution is 2.02. The molecule has 1 aromatic rings. The average molecular weight is 168 g/mol. The van der Waals surface area contributed by atoms with E-state index in [0.29, 0.717) is 12.1 Å². The number of pyridine rings is 1. The molecule has 0 aliphatic rings. The average Bonchev–Trinajstić information content (AvgIpc) is 2.03. The first-order valence-electron chi connectivity index (χ1n) is 3.51. The van der Waals surface area contributed by atoms with Crippen LogP contribution in [0, 0.1) is 10.1 Å². The zero-order chi connectivity index (χ0) is 9.14. The molecule has 1 N–H and O–H groups in total. The highest BCUT2D eigenvalue weighted by atomic mass is 16.6. The van der Waals surface area contributed by atoms with Crippen LogP contribution >= 0.6 is 0 Å². The lowest BCUT2D eigenvalue weighted by molar-refractivity contribution is -0.386. The Bertz CT molecular complexity index is 356. The van der Waals surface area contributed by atoms with Gasteiger partial charge in [0.25, 0.3) is 0 Å². The largest absolute Gasteiger partial charge is 0.333 e. The van der Waals surface area contributed by atoms with Crippen LogP contribution in [0.2, 0.25) is 0 Å². The molecule has 0 amide bonds. The highest BCUT2D eigenvalue weighted by Gasteiger charge is 2.10. The van der Waals surface area contributed by atoms with Crippen LogP contribution in [0.15, 0.2) is 16.9 Å². The Morgan fingerprint density at radius 2 is 2.25 bits per heavy atom. The van der Waals surface area contributed by atoms with Crippen molar-refractivity contribution in [1.29, 1.82) is 0 Å². The summed E-state index contributed by atoms with van der Waals surface area (Å²) in [5.41, 5.74) is -0.350. The smallest absolute Gasteiger partial charge is 0.320 e. The second-order valence-electron chi connectivity index (χ2n) is 2.31. The van der Waals surface area contributed by atoms with E-state index in [4.69, 9.17) is 0 Å². The third-order valence-corrected chi connectivity index (χ3v) is 1.53. The Balaban J connectivity index is 3.21. The minimum Gasteiger partial charge on any atom is -0.320 e. The summed E-state index contributed by atoms with van der Waals surface area (Å²) >= 11 is 0. The molecule has 0 unspecified atom stereocenters. The third-order valence-electron chi connectivity index (χ3n) is 1.53. The van der Waals surface area contributed by atoms with Crippen molar-refractivity contribution in [2.45, 2.75) is 13.3 Å². The van der Waals surface area contributed by atoms with Gasteiger partial charge in [-0.1, -0.05) is 6.92 Å². The first-order valence-corrected chi connectivity index (χ1v) is 3.51. The summed E-state index contributed by atoms with van der Waals surface area (Å²) in [4.78, 5) is 22.9. The van der Waals surface area contributed by atoms with Crippen molar-refractivity contribution < 1.29 is 4.92 Å². The molecule has 1 rings (SSSR count). The lowest BCUT2D eigenvalue weighted by Crippen LogP contribution is -2.12. The fraction of sp³-hybridized carbons (Fsp3) is 0.286. The Labute approximate surface area is 68.2 Å². The Kier molecular flexibility index (Phi) is 2.23. The molecule has 0 atom stereocenters. The quantitative estimate of drug-likeness (QED) is 0.525. The van der Waals surface area contributed by atoms with E-state index >= 15 is 0 Å². The van der Waals surface area contributed by atoms with Crippen molar-refractivity contribution in [3.63, 3.8) is 0 Å². The molecular weight excluding hydrogens is 160 g/mol. The molecule has 0 bridgehead atoms. The maximum atomic E-state index is 10.9. The van der Waals surface area contributed by atoms with Crippen molar-refractivity contribution in [1.82, 2.24) is 4.98 Å². The summed E-state index contributed by atoms with van der Waals surface area (Å²) in [5.74, 6) is 0. The fourth-order valence-corrected chi connectivity index (χ4v) is 0.857. The Hall–Kier alpha value is -1.65. The molecule has 0 aliphatic heterocycles. The zero-order valence-electron chi connectivity index (χ0n) is 6.53. The summed E-state index contributed by atoms with van der Waals surface area (Å²) in [6, 6.07) is 2.76. The van der Waals surface area contributed by atoms with Crippen LogP contribution in [0.3, 0.4) is 0 Å². The number of nitrogens with one attached hydrogen (secondary N) is 1. The van der Waals surface area contributed by atoms with E-state index in [-0.39, 0.29) is 0 Å². The van der Waals surface area contributed by atoms with Crippen LogP contribution in [0.5, 0.6) is 0 Å². The van der Waals surface area contributed by atoms with E-state index in [1.54, 1.807) is 6.07 Å². The first-order chi connectivity index (χ1) is 5.65. The topological polar surface area (TPSA) is 76.0 Å². The monoisotopic (exact) mass is 168 g/mol. The number of hydrogen-bond acceptors (Lipinski definition) is 3. The van der Waals surface area contributed by atoms with Crippen molar-refractivity contribution in [3.05, 3.63) is 38.3 Å². The molecule has 0 fully saturated rings. The molecule has 0 aliphatic carbocycles. The van der Waals surface area contributed by atoms with E-state index in [1.165, 1.54) is 6.07 Å². The molecule has 0 radical (unpaired) electrons. The second kappa shape index (κ2) is 3.17. The molecule has 5 nitrogen and oxygen atoms in total. The number of aromatic nitrogens is 1. The minimum absolute atomic E-state index is 0.410. The van der Waals surface area contributed by atoms with Gasteiger partial charge in [-0.2, -0.15) is 0 Å². The number of H-pyrrole nitrogens is 1. The maximum Gasteiger partial charge on any atom is 0.333 e. The second-order valence-corrected chi connectivity index (χ2v) is 2.31. The lowest BCUT2D eigenvalue weighted by Gasteiger charge is -1.94. The summed E-state index contributed by atoms with van der Waals surface area (Å²) in [6.45, 7) is 1.86. The number of nitrogens with zero attached hydrogens (tertiary/aromatic N) is 1. The molecule has 0 spiro atoms. The van der Waals surface area contributed by atoms with Crippen LogP contribution in [-0.2, 0) is 6.42 Å². The summed E-state index contributed by atoms with van der Waals surface area (Å²) < 4.78 is 0. The van der Waals surface area contributed by atoms with Crippen molar-refractivity contribution >= 4 is 5.69 Å². The van der Waals surface area contributed by atoms with Crippen LogP contribution in [0.25, 0.3) is 0 Å². The standard InChI is InChI=1S/C7H8N2O3/c1-2-5-3-4-6(9(11)12)7(10)8-5/h3-4H,2H2,1H3,(H,8,10). The molecule has 0 saturated carbocycles. The van der Waals surface area contributed by atoms with Crippen LogP contribution in [0.1, 0.15) is 12.6 Å². The van der Waals surface area contributed by atoms with Gasteiger partial charge in [-0.25, -0.2) is 0 Å². The van der Waals surface area contributed by atoms with Crippen molar-refractivity contribution in [2.24, 2.45) is 0 Å². The van der Waals surface area contributed by atoms with E-state index in [1.807, 2.05) is 6.92 Å². The van der Waals surface area contributed by atoms with Gasteiger partial charge in [0.2, 0.25) is 0 Å². The molecular formula is C7H8N2O3. The van der Waals surface area contributed by atoms with Crippen molar-refractivity contribution in [3.8, 4) is 0 Å². The number of nitro groups is 1. The Morgan fingerprint density at radius 1 is 1.58 bits per heavy atom. The van der Waals surface area contributed by atoms with Gasteiger partial charge in [0, 0.05) is 11.8 Å². The van der Waals surface area contributed by atoms with Crippen LogP contribution in [-0.4, -0.2) is 9.91 Å². The third kappa shape index (κ3) is 1.50. The van der Waals surface area contributed by atoms with Gasteiger partial charge in [0.15, 0.2) is 0 Å². The summed E-state index contributed by atoms with van der Waals surface area (Å²) in [5, 5.41) is 10.2. The molecule has 1 aromatic heterocycles. The molecule has 0 aromatic carbocycles. The van der Waals surface area contributed by atoms with E-state index < -0.39 is 16.2 Å². The van der Waals surface area contributed by atoms with E-state index in [9.17, 15) is 14.9 Å². The number of rotatable bonds is 2. The van der Waals surface area contributed by atoms with Crippen LogP contribution in [0.4, 0.5) is 5.69 Å². The van der Waals surface area contributed by atoms with Gasteiger partial charge in [-0.15, -0.1) is 0 Å². The van der Waals surface area contributed by atoms with E-state index in [0.717, 1.165) is 0 Å². The predicted octanol–water partition coefficient (Wildman–Crippen LogP) is 0.845. The molecule has 1 heterocycles. The van der Waals surface area contributed by atoms with Crippen LogP contribution < -0.4 is 5.56 Å². The van der Waals surface area contributed by atoms with Gasteiger partial charge < -0.3 is 4.98 Å². The normalized spacial score (nSPS) is 9.75. The van der Waals surface area contributed by atoms with Gasteiger partial charge in [-0.3, -0.25) is 14.9 Å². The zero-order valence-corrected chi connectivity index (χ0v) is 6.53. The minimum atomic E-state index is -0.696. The van der Waals surface area contributed by atoms with Crippen molar-refractivity contribution in [2.75, 3.05) is 0 Å². The van der Waals surface area contributed by atoms with E-state index in [2.05, 4.69) is 4.98 Å².